The topological polar surface area (TPSA) is 71.7 Å². The maximum atomic E-state index is 10.7. The number of aromatic nitrogens is 2. The van der Waals surface area contributed by atoms with Crippen molar-refractivity contribution >= 4 is 18.0 Å². The Bertz CT molecular complexity index is 622. The van der Waals surface area contributed by atoms with Gasteiger partial charge in [-0.15, -0.1) is 0 Å². The Morgan fingerprint density at radius 1 is 1.21 bits per heavy atom. The van der Waals surface area contributed by atoms with Crippen LogP contribution in [0, 0.1) is 0 Å². The van der Waals surface area contributed by atoms with Crippen molar-refractivity contribution < 1.29 is 14.1 Å². The van der Waals surface area contributed by atoms with Crippen molar-refractivity contribution in [1.82, 2.24) is 15.0 Å². The highest BCUT2D eigenvalue weighted by molar-refractivity contribution is 5.70. The smallest absolute Gasteiger partial charge is 0.324 e. The van der Waals surface area contributed by atoms with Crippen molar-refractivity contribution in [2.24, 2.45) is 0 Å². The Morgan fingerprint density at radius 3 is 2.21 bits per heavy atom. The van der Waals surface area contributed by atoms with E-state index >= 15 is 0 Å². The average molecular weight is 393 g/mol. The predicted molar refractivity (Wildman–Crippen MR) is 115 cm³/mol. The summed E-state index contributed by atoms with van der Waals surface area (Å²) < 4.78 is 10.2. The molecule has 0 bridgehead atoms. The van der Waals surface area contributed by atoms with Gasteiger partial charge in [0.05, 0.1) is 5.60 Å². The van der Waals surface area contributed by atoms with Gasteiger partial charge in [-0.2, -0.15) is 4.98 Å². The van der Waals surface area contributed by atoms with Gasteiger partial charge in [-0.25, -0.2) is 0 Å². The van der Waals surface area contributed by atoms with Crippen LogP contribution in [0.1, 0.15) is 47.4 Å². The fraction of sp³-hybridized carbons (Fsp3) is 0.571. The van der Waals surface area contributed by atoms with Gasteiger partial charge in [0.15, 0.2) is 0 Å². The average Bonchev–Trinajstić information content (AvgIpc) is 3.19. The van der Waals surface area contributed by atoms with Crippen LogP contribution in [0.5, 0.6) is 0 Å². The van der Waals surface area contributed by atoms with E-state index in [1.165, 1.54) is 0 Å². The lowest BCUT2D eigenvalue weighted by Gasteiger charge is -2.30. The van der Waals surface area contributed by atoms with Crippen LogP contribution in [0.2, 0.25) is 0 Å². The van der Waals surface area contributed by atoms with Crippen molar-refractivity contribution in [1.29, 1.82) is 0 Å². The summed E-state index contributed by atoms with van der Waals surface area (Å²) in [7, 11) is 1.71. The molecule has 2 rings (SSSR count). The number of anilines is 1. The molecule has 158 valence electrons. The fourth-order valence-corrected chi connectivity index (χ4v) is 1.99. The number of carbonyl (C=O) groups is 1. The van der Waals surface area contributed by atoms with Gasteiger partial charge in [-0.1, -0.05) is 49.9 Å². The molecule has 1 fully saturated rings. The number of methoxy groups -OCH3 is 1. The van der Waals surface area contributed by atoms with Gasteiger partial charge in [-0.3, -0.25) is 4.79 Å². The van der Waals surface area contributed by atoms with Gasteiger partial charge < -0.3 is 19.1 Å². The summed E-state index contributed by atoms with van der Waals surface area (Å²) in [5.74, 6) is 0.538. The van der Waals surface area contributed by atoms with Crippen molar-refractivity contribution in [3.8, 4) is 0 Å². The number of carbonyl (C=O) groups excluding carboxylic acids is 1. The molecule has 1 saturated heterocycles. The van der Waals surface area contributed by atoms with E-state index in [0.717, 1.165) is 12.0 Å². The van der Waals surface area contributed by atoms with Crippen molar-refractivity contribution in [3.63, 3.8) is 0 Å². The Morgan fingerprint density at radius 2 is 1.79 bits per heavy atom. The summed E-state index contributed by atoms with van der Waals surface area (Å²) in [6.45, 7) is 18.4. The van der Waals surface area contributed by atoms with E-state index in [-0.39, 0.29) is 5.60 Å². The Balaban J connectivity index is 0.000000780. The van der Waals surface area contributed by atoms with Crippen LogP contribution >= 0.6 is 0 Å². The van der Waals surface area contributed by atoms with E-state index < -0.39 is 0 Å². The third kappa shape index (κ3) is 9.50. The molecule has 7 heteroatoms. The van der Waals surface area contributed by atoms with Crippen LogP contribution in [0.4, 0.5) is 6.01 Å². The number of piperazine rings is 1. The van der Waals surface area contributed by atoms with Crippen LogP contribution in [0.3, 0.4) is 0 Å². The molecule has 1 aromatic heterocycles. The molecule has 2 heterocycles. The Hall–Kier alpha value is -2.41. The minimum atomic E-state index is 0.0417. The highest BCUT2D eigenvalue weighted by atomic mass is 16.5. The van der Waals surface area contributed by atoms with Gasteiger partial charge in [0.2, 0.25) is 12.2 Å². The number of rotatable bonds is 5. The van der Waals surface area contributed by atoms with Gasteiger partial charge in [0, 0.05) is 38.9 Å². The first-order valence-electron chi connectivity index (χ1n) is 9.63. The first-order valence-corrected chi connectivity index (χ1v) is 9.63. The summed E-state index contributed by atoms with van der Waals surface area (Å²) in [6, 6.07) is 0.491. The van der Waals surface area contributed by atoms with Gasteiger partial charge >= 0.3 is 6.01 Å². The first-order chi connectivity index (χ1) is 13.3. The molecule has 1 amide bonds. The van der Waals surface area contributed by atoms with Crippen molar-refractivity contribution in [3.05, 3.63) is 36.7 Å². The number of allylic oxidation sites excluding steroid dienone is 5. The highest BCUT2D eigenvalue weighted by Gasteiger charge is 2.21. The molecule has 0 spiro atoms. The maximum Gasteiger partial charge on any atom is 0.324 e. The second kappa shape index (κ2) is 13.7. The molecule has 1 aliphatic rings. The zero-order valence-corrected chi connectivity index (χ0v) is 18.4. The third-order valence-electron chi connectivity index (χ3n) is 3.66. The predicted octanol–water partition coefficient (Wildman–Crippen LogP) is 3.95. The lowest BCUT2D eigenvalue weighted by atomic mass is 10.2. The number of amides is 1. The van der Waals surface area contributed by atoms with E-state index in [9.17, 15) is 4.79 Å². The number of hydrogen-bond donors (Lipinski definition) is 0. The molecule has 7 nitrogen and oxygen atoms in total. The highest BCUT2D eigenvalue weighted by Crippen LogP contribution is 2.18. The zero-order valence-electron chi connectivity index (χ0n) is 18.4. The number of nitrogens with zero attached hydrogens (tertiary/aromatic N) is 4. The number of ether oxygens (including phenoxy) is 1. The third-order valence-corrected chi connectivity index (χ3v) is 3.66. The van der Waals surface area contributed by atoms with Gasteiger partial charge in [-0.05, 0) is 27.7 Å². The largest absolute Gasteiger partial charge is 0.379 e. The van der Waals surface area contributed by atoms with Crippen LogP contribution in [0.25, 0.3) is 5.57 Å². The van der Waals surface area contributed by atoms with Gasteiger partial charge in [0.25, 0.3) is 0 Å². The minimum absolute atomic E-state index is 0.0417. The van der Waals surface area contributed by atoms with Crippen molar-refractivity contribution in [2.45, 2.75) is 47.1 Å². The molecule has 0 radical (unpaired) electrons. The summed E-state index contributed by atoms with van der Waals surface area (Å²) in [4.78, 5) is 18.8. The first kappa shape index (κ1) is 25.6. The molecule has 0 saturated carbocycles. The lowest BCUT2D eigenvalue weighted by molar-refractivity contribution is -0.118. The minimum Gasteiger partial charge on any atom is -0.379 e. The second-order valence-corrected chi connectivity index (χ2v) is 6.70. The van der Waals surface area contributed by atoms with Crippen LogP contribution in [0.15, 0.2) is 35.4 Å². The normalized spacial score (nSPS) is 14.8. The molecule has 0 atom stereocenters. The SMILES string of the molecule is C=C/C=C(\C=C/C)c1noc(N2CCN(C=O)CC2)n1.CC.COC(C)(C)C. The molecule has 0 N–H and O–H groups in total. The molecule has 1 aliphatic heterocycles. The molecule has 1 aromatic rings. The number of hydrogen-bond acceptors (Lipinski definition) is 6. The van der Waals surface area contributed by atoms with Crippen LogP contribution in [-0.4, -0.2) is 60.3 Å². The standard InChI is InChI=1S/C14H18N4O2.C5H12O.C2H6/c1-3-5-12(6-4-2)13-15-14(20-16-13)18-9-7-17(11-19)8-10-18;1-5(2,3)6-4;1-2/h3-6,11H,1,7-10H2,2H3;1-4H3;1-2H3/b6-4-,12-5+;;. The second-order valence-electron chi connectivity index (χ2n) is 6.70. The fourth-order valence-electron chi connectivity index (χ4n) is 1.99. The molecule has 0 unspecified atom stereocenters. The molecule has 28 heavy (non-hydrogen) atoms. The summed E-state index contributed by atoms with van der Waals surface area (Å²) in [6.07, 6.45) is 8.20. The summed E-state index contributed by atoms with van der Waals surface area (Å²) >= 11 is 0. The van der Waals surface area contributed by atoms with E-state index in [0.29, 0.717) is 38.0 Å². The van der Waals surface area contributed by atoms with Gasteiger partial charge in [0.1, 0.15) is 0 Å². The van der Waals surface area contributed by atoms with Crippen molar-refractivity contribution in [2.75, 3.05) is 38.2 Å². The van der Waals surface area contributed by atoms with E-state index in [4.69, 9.17) is 9.26 Å². The van der Waals surface area contributed by atoms with E-state index in [1.807, 2.05) is 64.7 Å². The summed E-state index contributed by atoms with van der Waals surface area (Å²) in [5, 5.41) is 3.99. The van der Waals surface area contributed by atoms with E-state index in [2.05, 4.69) is 16.7 Å². The van der Waals surface area contributed by atoms with Crippen LogP contribution in [-0.2, 0) is 9.53 Å². The van der Waals surface area contributed by atoms with E-state index in [1.54, 1.807) is 18.1 Å². The molecular weight excluding hydrogens is 356 g/mol. The zero-order chi connectivity index (χ0) is 21.6. The quantitative estimate of drug-likeness (QED) is 0.558. The maximum absolute atomic E-state index is 10.7. The monoisotopic (exact) mass is 392 g/mol. The van der Waals surface area contributed by atoms with Crippen LogP contribution < -0.4 is 4.90 Å². The molecule has 0 aromatic carbocycles. The lowest BCUT2D eigenvalue weighted by Crippen LogP contribution is -2.45. The Labute approximate surface area is 169 Å². The molecular formula is C21H36N4O3. The summed E-state index contributed by atoms with van der Waals surface area (Å²) in [5.41, 5.74) is 0.893. The molecule has 0 aliphatic carbocycles. The Kier molecular flexibility index (Phi) is 12.5.